The number of amides is 8. The number of nitrogens with zero attached hydrogens (tertiary/aromatic N) is 3. The predicted octanol–water partition coefficient (Wildman–Crippen LogP) is 7.60. The molecule has 0 aliphatic carbocycles. The third-order valence-electron chi connectivity index (χ3n) is 14.6. The highest BCUT2D eigenvalue weighted by Crippen LogP contribution is 2.46. The molecule has 0 radical (unpaired) electrons. The van der Waals surface area contributed by atoms with E-state index >= 15 is 0 Å². The summed E-state index contributed by atoms with van der Waals surface area (Å²) in [5.41, 5.74) is 10.2. The Morgan fingerprint density at radius 2 is 1.49 bits per heavy atom. The number of primary amides is 1. The minimum Gasteiger partial charge on any atom is -0.445 e. The van der Waals surface area contributed by atoms with Crippen molar-refractivity contribution in [3.8, 4) is 5.75 Å². The van der Waals surface area contributed by atoms with E-state index in [1.165, 1.54) is 0 Å². The van der Waals surface area contributed by atoms with Crippen LogP contribution in [0.4, 0.5) is 25.8 Å². The van der Waals surface area contributed by atoms with E-state index in [-0.39, 0.29) is 87.3 Å². The number of nitrogens with two attached hydrogens (primary N) is 1. The molecule has 3 atom stereocenters. The molecule has 0 saturated carbocycles. The number of carbonyl (C=O) groups is 8. The molecule has 0 bridgehead atoms. The van der Waals surface area contributed by atoms with Gasteiger partial charge in [-0.1, -0.05) is 96.5 Å². The lowest BCUT2D eigenvalue weighted by Gasteiger charge is -2.31. The summed E-state index contributed by atoms with van der Waals surface area (Å²) < 4.78 is 11.3. The van der Waals surface area contributed by atoms with E-state index < -0.39 is 36.1 Å². The minimum absolute atomic E-state index is 0.0267. The maximum atomic E-state index is 14.5. The first-order chi connectivity index (χ1) is 39.0. The van der Waals surface area contributed by atoms with E-state index in [2.05, 4.69) is 52.4 Å². The number of fused-ring (bicyclic) bond motifs is 4. The number of benzene rings is 5. The quantitative estimate of drug-likeness (QED) is 0.0243. The number of ketones is 1. The van der Waals surface area contributed by atoms with Gasteiger partial charge in [0.15, 0.2) is 5.78 Å². The SMILES string of the molecule is CC(C)C(CCC(=O)NCCNC(=O)OCc1ccccc1)C(=O)NC(CCCNC(N)=O)C(=O)Cc1ccc(C(=O)Nc2ccc3[nH]c(C(=O)N4C[C@@H](CBr)c5c4cc(OC(=O)N4CCN(C)CC4)c4ccccc54)cc3c2)cc1. The molecule has 2 aliphatic heterocycles. The van der Waals surface area contributed by atoms with E-state index in [4.69, 9.17) is 15.2 Å². The second-order valence-corrected chi connectivity index (χ2v) is 21.4. The van der Waals surface area contributed by atoms with Crippen molar-refractivity contribution >= 4 is 96.6 Å². The van der Waals surface area contributed by atoms with Crippen LogP contribution in [-0.2, 0) is 32.1 Å². The third-order valence-corrected chi connectivity index (χ3v) is 15.4. The number of Topliss-reactive ketones (excluding diaryl/α,β-unsaturated/α-hetero) is 1. The number of aromatic amines is 1. The monoisotopic (exact) mass is 1170 g/mol. The van der Waals surface area contributed by atoms with Crippen LogP contribution < -0.4 is 42.0 Å². The minimum atomic E-state index is -0.925. The maximum absolute atomic E-state index is 14.5. The van der Waals surface area contributed by atoms with Gasteiger partial charge in [0.1, 0.15) is 18.1 Å². The molecule has 1 aromatic heterocycles. The molecule has 5 aromatic carbocycles. The standard InChI is InChI=1S/C60H69BrN10O10/c1-37(2)44(20-22-53(73)63-24-25-65-59(78)80-36-39-10-5-4-6-11-39)56(75)68-48(14-9-23-64-58(62)77)51(72)30-38-15-17-40(18-16-38)55(74)66-43-19-21-47-41(31-43)32-49(67-47)57(76)71-35-42(34-61)54-46-13-8-7-12-45(46)52(33-50(54)71)81-60(79)70-28-26-69(3)27-29-70/h4-8,10-13,15-19,21,31-33,37,42,44,48,67H,9,14,20,22-30,34-36H2,1-3H3,(H,63,73)(H,65,78)(H,66,74)(H,68,75)(H3,62,64,77)/t42-,44?,48?/m1/s1. The Morgan fingerprint density at radius 3 is 2.21 bits per heavy atom. The molecule has 2 aliphatic rings. The molecule has 8 rings (SSSR count). The molecular weight excluding hydrogens is 1100 g/mol. The van der Waals surface area contributed by atoms with Gasteiger partial charge in [-0.25, -0.2) is 14.4 Å². The molecule has 20 nitrogen and oxygen atoms in total. The van der Waals surface area contributed by atoms with Gasteiger partial charge in [-0.3, -0.25) is 24.0 Å². The van der Waals surface area contributed by atoms with Crippen molar-refractivity contribution in [2.75, 3.05) is 75.0 Å². The summed E-state index contributed by atoms with van der Waals surface area (Å²) in [6, 6.07) is 30.8. The number of nitrogens with one attached hydrogen (secondary N) is 6. The third kappa shape index (κ3) is 15.5. The topological polar surface area (TPSA) is 267 Å². The van der Waals surface area contributed by atoms with Gasteiger partial charge in [0, 0.05) is 116 Å². The van der Waals surface area contributed by atoms with Crippen molar-refractivity contribution in [1.82, 2.24) is 36.1 Å². The number of urea groups is 1. The van der Waals surface area contributed by atoms with Crippen LogP contribution in [0.25, 0.3) is 21.7 Å². The molecule has 8 amide bonds. The first-order valence-corrected chi connectivity index (χ1v) is 28.4. The van der Waals surface area contributed by atoms with E-state index in [1.807, 2.05) is 75.5 Å². The zero-order valence-electron chi connectivity index (χ0n) is 45.7. The largest absolute Gasteiger partial charge is 0.445 e. The van der Waals surface area contributed by atoms with Gasteiger partial charge in [-0.05, 0) is 90.7 Å². The molecule has 1 saturated heterocycles. The normalized spacial score (nSPS) is 14.9. The molecule has 81 heavy (non-hydrogen) atoms. The summed E-state index contributed by atoms with van der Waals surface area (Å²) in [6.07, 6.45) is -0.317. The van der Waals surface area contributed by atoms with Crippen LogP contribution in [-0.4, -0.2) is 133 Å². The molecule has 0 spiro atoms. The highest BCUT2D eigenvalue weighted by molar-refractivity contribution is 9.09. The number of likely N-dealkylation sites (N-methyl/N-ethyl adjacent to an activating group) is 1. The number of halogens is 1. The number of carbonyl (C=O) groups excluding carboxylic acids is 8. The van der Waals surface area contributed by atoms with Crippen molar-refractivity contribution in [3.05, 3.63) is 137 Å². The van der Waals surface area contributed by atoms with E-state index in [9.17, 15) is 38.4 Å². The van der Waals surface area contributed by atoms with Gasteiger partial charge in [-0.2, -0.15) is 0 Å². The first-order valence-electron chi connectivity index (χ1n) is 27.2. The Hall–Kier alpha value is -8.30. The fraction of sp³-hybridized carbons (Fsp3) is 0.367. The molecule has 426 valence electrons. The number of aromatic nitrogens is 1. The van der Waals surface area contributed by atoms with Crippen molar-refractivity contribution in [1.29, 1.82) is 0 Å². The average molecular weight is 1170 g/mol. The number of H-pyrrole nitrogens is 1. The molecule has 6 aromatic rings. The fourth-order valence-corrected chi connectivity index (χ4v) is 10.7. The van der Waals surface area contributed by atoms with Gasteiger partial charge < -0.3 is 61.5 Å². The van der Waals surface area contributed by atoms with Gasteiger partial charge in [0.05, 0.1) is 11.7 Å². The first kappa shape index (κ1) is 58.8. The van der Waals surface area contributed by atoms with Gasteiger partial charge >= 0.3 is 18.2 Å². The summed E-state index contributed by atoms with van der Waals surface area (Å²) in [5, 5.41) is 16.7. The lowest BCUT2D eigenvalue weighted by Crippen LogP contribution is -2.48. The van der Waals surface area contributed by atoms with E-state index in [1.54, 1.807) is 64.4 Å². The number of anilines is 2. The number of hydrogen-bond acceptors (Lipinski definition) is 11. The zero-order chi connectivity index (χ0) is 57.6. The Bertz CT molecular complexity index is 3250. The summed E-state index contributed by atoms with van der Waals surface area (Å²) in [6.45, 7) is 7.34. The van der Waals surface area contributed by atoms with Crippen LogP contribution in [0.1, 0.15) is 83.0 Å². The van der Waals surface area contributed by atoms with Crippen LogP contribution in [0.5, 0.6) is 5.75 Å². The van der Waals surface area contributed by atoms with Crippen LogP contribution in [0.2, 0.25) is 0 Å². The molecule has 21 heteroatoms. The Labute approximate surface area is 478 Å². The Kier molecular flexibility index (Phi) is 20.1. The molecular formula is C60H69BrN10O10. The molecule has 3 heterocycles. The lowest BCUT2D eigenvalue weighted by molar-refractivity contribution is -0.131. The smallest absolute Gasteiger partial charge is 0.415 e. The number of alkyl carbamates (subject to hydrolysis) is 1. The lowest BCUT2D eigenvalue weighted by atomic mass is 9.89. The second kappa shape index (κ2) is 27.7. The van der Waals surface area contributed by atoms with Crippen molar-refractivity contribution in [2.45, 2.75) is 64.5 Å². The summed E-state index contributed by atoms with van der Waals surface area (Å²) in [7, 11) is 2.02. The van der Waals surface area contributed by atoms with Crippen molar-refractivity contribution in [2.24, 2.45) is 17.6 Å². The fourth-order valence-electron chi connectivity index (χ4n) is 10.1. The van der Waals surface area contributed by atoms with Gasteiger partial charge in [0.2, 0.25) is 11.8 Å². The van der Waals surface area contributed by atoms with E-state index in [0.717, 1.165) is 35.0 Å². The van der Waals surface area contributed by atoms with Crippen LogP contribution >= 0.6 is 15.9 Å². The number of hydrogen-bond donors (Lipinski definition) is 7. The van der Waals surface area contributed by atoms with E-state index in [0.29, 0.717) is 76.2 Å². The highest BCUT2D eigenvalue weighted by Gasteiger charge is 2.36. The summed E-state index contributed by atoms with van der Waals surface area (Å²) >= 11 is 3.69. The van der Waals surface area contributed by atoms with Crippen LogP contribution in [0, 0.1) is 11.8 Å². The maximum Gasteiger partial charge on any atom is 0.415 e. The summed E-state index contributed by atoms with van der Waals surface area (Å²) in [4.78, 5) is 114. The van der Waals surface area contributed by atoms with Crippen molar-refractivity contribution < 1.29 is 47.8 Å². The van der Waals surface area contributed by atoms with Crippen molar-refractivity contribution in [3.63, 3.8) is 0 Å². The number of rotatable bonds is 23. The number of ether oxygens (including phenoxy) is 2. The number of alkyl halides is 1. The molecule has 1 fully saturated rings. The predicted molar refractivity (Wildman–Crippen MR) is 313 cm³/mol. The van der Waals surface area contributed by atoms with Gasteiger partial charge in [-0.15, -0.1) is 0 Å². The highest BCUT2D eigenvalue weighted by atomic mass is 79.9. The Balaban J connectivity index is 0.861. The average Bonchev–Trinajstić information content (AvgIpc) is 4.07. The molecule has 8 N–H and O–H groups in total. The zero-order valence-corrected chi connectivity index (χ0v) is 47.3. The summed E-state index contributed by atoms with van der Waals surface area (Å²) in [5.74, 6) is -2.07. The Morgan fingerprint density at radius 1 is 0.778 bits per heavy atom. The number of piperazine rings is 1. The van der Waals surface area contributed by atoms with Crippen LogP contribution in [0.3, 0.4) is 0 Å². The van der Waals surface area contributed by atoms with Crippen LogP contribution in [0.15, 0.2) is 109 Å². The van der Waals surface area contributed by atoms with Gasteiger partial charge in [0.25, 0.3) is 11.8 Å². The second-order valence-electron chi connectivity index (χ2n) is 20.8. The molecule has 2 unspecified atom stereocenters.